The number of nitriles is 1. The van der Waals surface area contributed by atoms with Crippen molar-refractivity contribution in [2.75, 3.05) is 7.05 Å². The molecule has 1 aliphatic carbocycles. The van der Waals surface area contributed by atoms with Crippen molar-refractivity contribution >= 4 is 5.91 Å². The molecule has 0 saturated heterocycles. The Morgan fingerprint density at radius 3 is 2.81 bits per heavy atom. The van der Waals surface area contributed by atoms with Crippen molar-refractivity contribution in [1.29, 1.82) is 5.26 Å². The van der Waals surface area contributed by atoms with Crippen molar-refractivity contribution in [3.8, 4) is 6.07 Å². The molecule has 1 N–H and O–H groups in total. The highest BCUT2D eigenvalue weighted by molar-refractivity contribution is 5.82. The zero-order valence-electron chi connectivity index (χ0n) is 12.8. The maximum atomic E-state index is 12.4. The number of carbonyl (C=O) groups excluding carboxylic acids is 1. The SMILES string of the molecule is CC(C(=O)NC1(C#N)CCCCC1)N(C)Cc1ccco1. The van der Waals surface area contributed by atoms with Crippen molar-refractivity contribution in [3.05, 3.63) is 24.2 Å². The molecule has 1 atom stereocenters. The van der Waals surface area contributed by atoms with Crippen molar-refractivity contribution < 1.29 is 9.21 Å². The lowest BCUT2D eigenvalue weighted by atomic mass is 9.82. The molecule has 5 nitrogen and oxygen atoms in total. The van der Waals surface area contributed by atoms with Crippen LogP contribution in [0.3, 0.4) is 0 Å². The van der Waals surface area contributed by atoms with E-state index in [0.29, 0.717) is 6.54 Å². The highest BCUT2D eigenvalue weighted by Crippen LogP contribution is 2.27. The second kappa shape index (κ2) is 6.77. The third-order valence-corrected chi connectivity index (χ3v) is 4.31. The molecule has 1 heterocycles. The fourth-order valence-electron chi connectivity index (χ4n) is 2.75. The monoisotopic (exact) mass is 289 g/mol. The summed E-state index contributed by atoms with van der Waals surface area (Å²) >= 11 is 0. The van der Waals surface area contributed by atoms with Gasteiger partial charge < -0.3 is 9.73 Å². The lowest BCUT2D eigenvalue weighted by Gasteiger charge is -2.34. The lowest BCUT2D eigenvalue weighted by molar-refractivity contribution is -0.127. The van der Waals surface area contributed by atoms with Crippen LogP contribution in [0, 0.1) is 11.3 Å². The Morgan fingerprint density at radius 2 is 2.24 bits per heavy atom. The fourth-order valence-corrected chi connectivity index (χ4v) is 2.75. The Hall–Kier alpha value is -1.80. The van der Waals surface area contributed by atoms with Crippen molar-refractivity contribution in [2.24, 2.45) is 0 Å². The number of hydrogen-bond acceptors (Lipinski definition) is 4. The molecule has 1 fully saturated rings. The topological polar surface area (TPSA) is 69.3 Å². The van der Waals surface area contributed by atoms with E-state index in [2.05, 4.69) is 11.4 Å². The largest absolute Gasteiger partial charge is 0.468 e. The average molecular weight is 289 g/mol. The van der Waals surface area contributed by atoms with Crippen molar-refractivity contribution in [3.63, 3.8) is 0 Å². The van der Waals surface area contributed by atoms with E-state index < -0.39 is 5.54 Å². The molecule has 1 aromatic heterocycles. The van der Waals surface area contributed by atoms with Crippen molar-refractivity contribution in [2.45, 2.75) is 57.2 Å². The molecule has 5 heteroatoms. The van der Waals surface area contributed by atoms with Crippen LogP contribution in [0.4, 0.5) is 0 Å². The maximum absolute atomic E-state index is 12.4. The van der Waals surface area contributed by atoms with E-state index in [9.17, 15) is 10.1 Å². The van der Waals surface area contributed by atoms with Crippen LogP contribution in [0.25, 0.3) is 0 Å². The smallest absolute Gasteiger partial charge is 0.238 e. The Kier molecular flexibility index (Phi) is 5.03. The maximum Gasteiger partial charge on any atom is 0.238 e. The van der Waals surface area contributed by atoms with Gasteiger partial charge in [0.25, 0.3) is 0 Å². The van der Waals surface area contributed by atoms with Crippen LogP contribution in [-0.2, 0) is 11.3 Å². The van der Waals surface area contributed by atoms with Crippen LogP contribution >= 0.6 is 0 Å². The number of nitrogens with zero attached hydrogens (tertiary/aromatic N) is 2. The standard InChI is InChI=1S/C16H23N3O2/c1-13(19(2)11-14-7-6-10-21-14)15(20)18-16(12-17)8-4-3-5-9-16/h6-7,10,13H,3-5,8-9,11H2,1-2H3,(H,18,20). The van der Waals surface area contributed by atoms with Gasteiger partial charge in [-0.1, -0.05) is 19.3 Å². The molecule has 1 aromatic rings. The van der Waals surface area contributed by atoms with E-state index in [1.54, 1.807) is 6.26 Å². The molecule has 114 valence electrons. The second-order valence-corrected chi connectivity index (χ2v) is 5.91. The molecular weight excluding hydrogens is 266 g/mol. The highest BCUT2D eigenvalue weighted by atomic mass is 16.3. The predicted molar refractivity (Wildman–Crippen MR) is 79.2 cm³/mol. The van der Waals surface area contributed by atoms with Gasteiger partial charge in [0.15, 0.2) is 0 Å². The minimum Gasteiger partial charge on any atom is -0.468 e. The van der Waals surface area contributed by atoms with E-state index in [0.717, 1.165) is 37.9 Å². The zero-order chi connectivity index (χ0) is 15.3. The minimum atomic E-state index is -0.672. The third kappa shape index (κ3) is 3.85. The van der Waals surface area contributed by atoms with Gasteiger partial charge in [-0.25, -0.2) is 0 Å². The number of likely N-dealkylation sites (N-methyl/N-ethyl adjacent to an activating group) is 1. The number of rotatable bonds is 5. The summed E-state index contributed by atoms with van der Waals surface area (Å²) in [5.41, 5.74) is -0.672. The fraction of sp³-hybridized carbons (Fsp3) is 0.625. The molecule has 1 amide bonds. The van der Waals surface area contributed by atoms with E-state index in [-0.39, 0.29) is 11.9 Å². The Morgan fingerprint density at radius 1 is 1.52 bits per heavy atom. The summed E-state index contributed by atoms with van der Waals surface area (Å²) < 4.78 is 5.30. The van der Waals surface area contributed by atoms with Gasteiger partial charge in [0.2, 0.25) is 5.91 Å². The van der Waals surface area contributed by atoms with Gasteiger partial charge >= 0.3 is 0 Å². The Labute approximate surface area is 125 Å². The quantitative estimate of drug-likeness (QED) is 0.904. The van der Waals surface area contributed by atoms with Crippen LogP contribution in [0.5, 0.6) is 0 Å². The summed E-state index contributed by atoms with van der Waals surface area (Å²) in [5, 5.41) is 12.4. The van der Waals surface area contributed by atoms with Crippen LogP contribution in [0.15, 0.2) is 22.8 Å². The van der Waals surface area contributed by atoms with E-state index in [1.165, 1.54) is 0 Å². The average Bonchev–Trinajstić information content (AvgIpc) is 3.00. The van der Waals surface area contributed by atoms with Gasteiger partial charge in [-0.05, 0) is 38.9 Å². The zero-order valence-corrected chi connectivity index (χ0v) is 12.8. The summed E-state index contributed by atoms with van der Waals surface area (Å²) in [4.78, 5) is 14.3. The van der Waals surface area contributed by atoms with Gasteiger partial charge in [-0.15, -0.1) is 0 Å². The number of amides is 1. The molecule has 0 aliphatic heterocycles. The number of furan rings is 1. The minimum absolute atomic E-state index is 0.0903. The molecule has 1 saturated carbocycles. The van der Waals surface area contributed by atoms with Gasteiger partial charge in [0.05, 0.1) is 24.9 Å². The van der Waals surface area contributed by atoms with Gasteiger partial charge in [-0.3, -0.25) is 9.69 Å². The summed E-state index contributed by atoms with van der Waals surface area (Å²) in [5.74, 6) is 0.734. The summed E-state index contributed by atoms with van der Waals surface area (Å²) in [7, 11) is 1.88. The molecular formula is C16H23N3O2. The number of hydrogen-bond donors (Lipinski definition) is 1. The first-order chi connectivity index (χ1) is 10.1. The second-order valence-electron chi connectivity index (χ2n) is 5.91. The summed E-state index contributed by atoms with van der Waals surface area (Å²) in [6.07, 6.45) is 6.29. The molecule has 1 aliphatic rings. The molecule has 21 heavy (non-hydrogen) atoms. The van der Waals surface area contributed by atoms with Gasteiger partial charge in [0, 0.05) is 0 Å². The van der Waals surface area contributed by atoms with Crippen LogP contribution < -0.4 is 5.32 Å². The van der Waals surface area contributed by atoms with Gasteiger partial charge in [-0.2, -0.15) is 5.26 Å². The first-order valence-corrected chi connectivity index (χ1v) is 7.52. The van der Waals surface area contributed by atoms with Gasteiger partial charge in [0.1, 0.15) is 11.3 Å². The van der Waals surface area contributed by atoms with Crippen LogP contribution in [-0.4, -0.2) is 29.4 Å². The lowest BCUT2D eigenvalue weighted by Crippen LogP contribution is -2.54. The van der Waals surface area contributed by atoms with Crippen molar-refractivity contribution in [1.82, 2.24) is 10.2 Å². The molecule has 2 rings (SSSR count). The van der Waals surface area contributed by atoms with E-state index in [4.69, 9.17) is 4.42 Å². The van der Waals surface area contributed by atoms with E-state index in [1.807, 2.05) is 31.0 Å². The number of carbonyl (C=O) groups is 1. The molecule has 0 bridgehead atoms. The van der Waals surface area contributed by atoms with Crippen LogP contribution in [0.2, 0.25) is 0 Å². The Balaban J connectivity index is 1.93. The normalized spacial score (nSPS) is 19.0. The first-order valence-electron chi connectivity index (χ1n) is 7.52. The number of nitrogens with one attached hydrogen (secondary N) is 1. The summed E-state index contributed by atoms with van der Waals surface area (Å²) in [6.45, 7) is 2.42. The third-order valence-electron chi connectivity index (χ3n) is 4.31. The van der Waals surface area contributed by atoms with Crippen LogP contribution in [0.1, 0.15) is 44.8 Å². The first kappa shape index (κ1) is 15.6. The molecule has 1 unspecified atom stereocenters. The molecule has 0 spiro atoms. The highest BCUT2D eigenvalue weighted by Gasteiger charge is 2.35. The molecule has 0 radical (unpaired) electrons. The Bertz CT molecular complexity index is 498. The predicted octanol–water partition coefficient (Wildman–Crippen LogP) is 2.44. The summed E-state index contributed by atoms with van der Waals surface area (Å²) in [6, 6.07) is 5.74. The molecule has 0 aromatic carbocycles. The van der Waals surface area contributed by atoms with E-state index >= 15 is 0 Å².